The van der Waals surface area contributed by atoms with Crippen molar-refractivity contribution in [3.8, 4) is 0 Å². The monoisotopic (exact) mass is 427 g/mol. The largest absolute Gasteiger partial charge is 0.466 e. The smallest absolute Gasteiger partial charge is 0.307 e. The Morgan fingerprint density at radius 3 is 2.65 bits per heavy atom. The van der Waals surface area contributed by atoms with E-state index in [1.807, 2.05) is 31.2 Å². The van der Waals surface area contributed by atoms with Gasteiger partial charge in [0, 0.05) is 24.5 Å². The molecule has 0 spiro atoms. The summed E-state index contributed by atoms with van der Waals surface area (Å²) in [5.41, 5.74) is 2.30. The van der Waals surface area contributed by atoms with Crippen molar-refractivity contribution < 1.29 is 14.3 Å². The first-order chi connectivity index (χ1) is 14.8. The molecule has 31 heavy (non-hydrogen) atoms. The second-order valence-corrected chi connectivity index (χ2v) is 7.49. The highest BCUT2D eigenvalue weighted by atomic mass is 16.5. The fourth-order valence-electron chi connectivity index (χ4n) is 3.27. The number of amides is 1. The van der Waals surface area contributed by atoms with Crippen LogP contribution in [0.1, 0.15) is 56.0 Å². The Hall–Kier alpha value is -3.00. The van der Waals surface area contributed by atoms with Gasteiger partial charge in [0.1, 0.15) is 5.82 Å². The number of benzene rings is 1. The maximum Gasteiger partial charge on any atom is 0.307 e. The van der Waals surface area contributed by atoms with Crippen LogP contribution in [-0.4, -0.2) is 48.4 Å². The van der Waals surface area contributed by atoms with Crippen molar-refractivity contribution in [1.82, 2.24) is 15.6 Å². The molecule has 4 N–H and O–H groups in total. The Morgan fingerprint density at radius 1 is 1.19 bits per heavy atom. The molecule has 0 aliphatic rings. The minimum absolute atomic E-state index is 0.0807. The van der Waals surface area contributed by atoms with Gasteiger partial charge < -0.3 is 20.7 Å². The van der Waals surface area contributed by atoms with Gasteiger partial charge in [-0.05, 0) is 51.8 Å². The molecule has 0 fully saturated rings. The Balaban J connectivity index is 2.06. The van der Waals surface area contributed by atoms with E-state index < -0.39 is 0 Å². The number of carbonyl (C=O) groups is 2. The van der Waals surface area contributed by atoms with Crippen LogP contribution in [0.15, 0.2) is 24.3 Å². The highest BCUT2D eigenvalue weighted by Crippen LogP contribution is 2.22. The summed E-state index contributed by atoms with van der Waals surface area (Å²) in [6.45, 7) is 8.97. The van der Waals surface area contributed by atoms with Crippen LogP contribution in [0.4, 0.5) is 5.82 Å². The summed E-state index contributed by atoms with van der Waals surface area (Å²) in [7, 11) is 0. The summed E-state index contributed by atoms with van der Waals surface area (Å²) in [4.78, 5) is 28.8. The summed E-state index contributed by atoms with van der Waals surface area (Å²) in [5, 5.41) is 17.7. The molecule has 0 aliphatic carbocycles. The van der Waals surface area contributed by atoms with E-state index in [0.29, 0.717) is 37.5 Å². The van der Waals surface area contributed by atoms with Crippen LogP contribution in [0.25, 0.3) is 10.9 Å². The number of pyridine rings is 1. The molecule has 8 nitrogen and oxygen atoms in total. The fourth-order valence-corrected chi connectivity index (χ4v) is 3.27. The van der Waals surface area contributed by atoms with E-state index in [2.05, 4.69) is 27.9 Å². The van der Waals surface area contributed by atoms with Gasteiger partial charge in [-0.25, -0.2) is 4.98 Å². The topological polar surface area (TPSA) is 116 Å². The van der Waals surface area contributed by atoms with Crippen molar-refractivity contribution in [2.75, 3.05) is 25.0 Å². The number of carbonyl (C=O) groups excluding carboxylic acids is 2. The highest BCUT2D eigenvalue weighted by Gasteiger charge is 2.16. The fraction of sp³-hybridized carbons (Fsp3) is 0.478. The van der Waals surface area contributed by atoms with Gasteiger partial charge in [-0.2, -0.15) is 0 Å². The number of nitrogens with zero attached hydrogens (tertiary/aromatic N) is 1. The number of amidine groups is 1. The van der Waals surface area contributed by atoms with Gasteiger partial charge >= 0.3 is 5.97 Å². The summed E-state index contributed by atoms with van der Waals surface area (Å²) in [6.07, 6.45) is 2.06. The SMILES string of the molecule is CCOC(=O)CCNC(CC)CCNc1nc2ccc(C)cc2cc1C(=O)NC(C)=N. The van der Waals surface area contributed by atoms with Gasteiger partial charge in [-0.3, -0.25) is 15.0 Å². The number of hydrogen-bond acceptors (Lipinski definition) is 7. The molecule has 1 unspecified atom stereocenters. The van der Waals surface area contributed by atoms with Gasteiger partial charge in [0.25, 0.3) is 5.91 Å². The van der Waals surface area contributed by atoms with Crippen molar-refractivity contribution in [3.63, 3.8) is 0 Å². The molecular weight excluding hydrogens is 394 g/mol. The Bertz CT molecular complexity index is 929. The lowest BCUT2D eigenvalue weighted by Crippen LogP contribution is -2.33. The molecule has 1 atom stereocenters. The summed E-state index contributed by atoms with van der Waals surface area (Å²) >= 11 is 0. The standard InChI is InChI=1S/C23H33N5O3/c1-5-18(25-12-10-21(29)31-6-2)9-11-26-22-19(23(30)27-16(4)24)14-17-13-15(3)7-8-20(17)28-22/h7-8,13-14,18,25H,5-6,9-12H2,1-4H3,(H,26,28)(H2,24,27,30). The molecule has 168 valence electrons. The summed E-state index contributed by atoms with van der Waals surface area (Å²) < 4.78 is 4.95. The molecule has 8 heteroatoms. The van der Waals surface area contributed by atoms with Gasteiger partial charge in [-0.1, -0.05) is 18.6 Å². The molecular formula is C23H33N5O3. The molecule has 1 amide bonds. The Labute approximate surface area is 183 Å². The predicted molar refractivity (Wildman–Crippen MR) is 124 cm³/mol. The van der Waals surface area contributed by atoms with Crippen molar-refractivity contribution >= 4 is 34.4 Å². The Morgan fingerprint density at radius 2 is 1.97 bits per heavy atom. The zero-order chi connectivity index (χ0) is 22.8. The molecule has 0 saturated carbocycles. The van der Waals surface area contributed by atoms with Gasteiger partial charge in [0.2, 0.25) is 0 Å². The van der Waals surface area contributed by atoms with E-state index in [9.17, 15) is 9.59 Å². The number of anilines is 1. The van der Waals surface area contributed by atoms with Crippen molar-refractivity contribution in [1.29, 1.82) is 5.41 Å². The first kappa shape index (κ1) is 24.3. The summed E-state index contributed by atoms with van der Waals surface area (Å²) in [5.74, 6) is 0.0230. The van der Waals surface area contributed by atoms with Crippen molar-refractivity contribution in [2.45, 2.75) is 53.0 Å². The average Bonchev–Trinajstić information content (AvgIpc) is 2.71. The van der Waals surface area contributed by atoms with E-state index in [1.54, 1.807) is 6.92 Å². The lowest BCUT2D eigenvalue weighted by Gasteiger charge is -2.18. The number of esters is 1. The lowest BCUT2D eigenvalue weighted by molar-refractivity contribution is -0.143. The minimum atomic E-state index is -0.356. The Kier molecular flexibility index (Phi) is 9.40. The number of rotatable bonds is 11. The van der Waals surface area contributed by atoms with Gasteiger partial charge in [0.05, 0.1) is 29.9 Å². The van der Waals surface area contributed by atoms with Gasteiger partial charge in [-0.15, -0.1) is 0 Å². The van der Waals surface area contributed by atoms with E-state index >= 15 is 0 Å². The quantitative estimate of drug-likeness (QED) is 0.248. The van der Waals surface area contributed by atoms with Crippen LogP contribution in [-0.2, 0) is 9.53 Å². The lowest BCUT2D eigenvalue weighted by atomic mass is 10.1. The second-order valence-electron chi connectivity index (χ2n) is 7.49. The van der Waals surface area contributed by atoms with E-state index in [-0.39, 0.29) is 23.8 Å². The van der Waals surface area contributed by atoms with E-state index in [1.165, 1.54) is 6.92 Å². The van der Waals surface area contributed by atoms with Crippen LogP contribution in [0, 0.1) is 12.3 Å². The minimum Gasteiger partial charge on any atom is -0.466 e. The predicted octanol–water partition coefficient (Wildman–Crippen LogP) is 3.39. The normalized spacial score (nSPS) is 11.7. The van der Waals surface area contributed by atoms with Crippen LogP contribution in [0.2, 0.25) is 0 Å². The second kappa shape index (κ2) is 12.0. The third kappa shape index (κ3) is 7.64. The maximum absolute atomic E-state index is 12.6. The highest BCUT2D eigenvalue weighted by molar-refractivity contribution is 6.09. The van der Waals surface area contributed by atoms with Crippen molar-refractivity contribution in [3.05, 3.63) is 35.4 Å². The molecule has 2 aromatic rings. The third-order valence-electron chi connectivity index (χ3n) is 4.86. The number of nitrogens with one attached hydrogen (secondary N) is 4. The number of aromatic nitrogens is 1. The average molecular weight is 428 g/mol. The van der Waals surface area contributed by atoms with Crippen molar-refractivity contribution in [2.24, 2.45) is 0 Å². The number of hydrogen-bond donors (Lipinski definition) is 4. The van der Waals surface area contributed by atoms with E-state index in [4.69, 9.17) is 10.1 Å². The molecule has 0 bridgehead atoms. The van der Waals surface area contributed by atoms with Crippen LogP contribution < -0.4 is 16.0 Å². The first-order valence-corrected chi connectivity index (χ1v) is 10.7. The summed E-state index contributed by atoms with van der Waals surface area (Å²) in [6, 6.07) is 7.95. The zero-order valence-electron chi connectivity index (χ0n) is 18.8. The molecule has 0 aliphatic heterocycles. The number of fused-ring (bicyclic) bond motifs is 1. The van der Waals surface area contributed by atoms with E-state index in [0.717, 1.165) is 29.3 Å². The number of ether oxygens (including phenoxy) is 1. The van der Waals surface area contributed by atoms with Crippen LogP contribution in [0.3, 0.4) is 0 Å². The molecule has 0 radical (unpaired) electrons. The molecule has 1 aromatic heterocycles. The molecule has 1 heterocycles. The number of aryl methyl sites for hydroxylation is 1. The maximum atomic E-state index is 12.6. The molecule has 2 rings (SSSR count). The third-order valence-corrected chi connectivity index (χ3v) is 4.86. The van der Waals surface area contributed by atoms with Gasteiger partial charge in [0.15, 0.2) is 0 Å². The molecule has 0 saturated heterocycles. The van der Waals surface area contributed by atoms with Crippen LogP contribution in [0.5, 0.6) is 0 Å². The van der Waals surface area contributed by atoms with Crippen LogP contribution >= 0.6 is 0 Å². The zero-order valence-corrected chi connectivity index (χ0v) is 18.8. The molecule has 1 aromatic carbocycles. The first-order valence-electron chi connectivity index (χ1n) is 10.7.